The summed E-state index contributed by atoms with van der Waals surface area (Å²) in [6, 6.07) is 0.819. The van der Waals surface area contributed by atoms with Crippen LogP contribution < -0.4 is 16.6 Å². The average molecular weight is 258 g/mol. The second kappa shape index (κ2) is 5.45. The van der Waals surface area contributed by atoms with Gasteiger partial charge in [0.15, 0.2) is 23.3 Å². The molecule has 2 unspecified atom stereocenters. The molecule has 18 heavy (non-hydrogen) atoms. The summed E-state index contributed by atoms with van der Waals surface area (Å²) >= 11 is 0. The molecule has 1 aromatic rings. The normalized spacial score (nSPS) is 23.8. The number of hydrazine groups is 1. The lowest BCUT2D eigenvalue weighted by Crippen LogP contribution is -2.33. The van der Waals surface area contributed by atoms with Gasteiger partial charge in [0, 0.05) is 18.7 Å². The van der Waals surface area contributed by atoms with Crippen molar-refractivity contribution in [2.24, 2.45) is 5.84 Å². The highest BCUT2D eigenvalue weighted by molar-refractivity contribution is 5.47. The summed E-state index contributed by atoms with van der Waals surface area (Å²) in [4.78, 5) is 3.77. The second-order valence-corrected chi connectivity index (χ2v) is 4.34. The van der Waals surface area contributed by atoms with E-state index >= 15 is 0 Å². The van der Waals surface area contributed by atoms with E-state index in [-0.39, 0.29) is 23.8 Å². The van der Waals surface area contributed by atoms with Gasteiger partial charge in [0.25, 0.3) is 0 Å². The van der Waals surface area contributed by atoms with Crippen LogP contribution in [0.5, 0.6) is 0 Å². The number of anilines is 2. The molecule has 1 aromatic heterocycles. The lowest BCUT2D eigenvalue weighted by molar-refractivity contribution is 0.0231. The molecule has 1 fully saturated rings. The first-order valence-electron chi connectivity index (χ1n) is 5.81. The average Bonchev–Trinajstić information content (AvgIpc) is 2.33. The summed E-state index contributed by atoms with van der Waals surface area (Å²) < 4.78 is 32.1. The van der Waals surface area contributed by atoms with E-state index in [1.165, 1.54) is 0 Å². The van der Waals surface area contributed by atoms with Crippen LogP contribution in [0.1, 0.15) is 19.8 Å². The molecule has 2 heterocycles. The predicted molar refractivity (Wildman–Crippen MR) is 64.0 cm³/mol. The fourth-order valence-corrected chi connectivity index (χ4v) is 1.99. The van der Waals surface area contributed by atoms with Crippen molar-refractivity contribution in [2.75, 3.05) is 17.3 Å². The molecule has 2 rings (SSSR count). The van der Waals surface area contributed by atoms with E-state index in [0.29, 0.717) is 6.61 Å². The Morgan fingerprint density at radius 3 is 2.78 bits per heavy atom. The summed E-state index contributed by atoms with van der Waals surface area (Å²) in [5.41, 5.74) is 2.09. The van der Waals surface area contributed by atoms with E-state index in [1.807, 2.05) is 6.92 Å². The van der Waals surface area contributed by atoms with Crippen LogP contribution in [0.25, 0.3) is 0 Å². The zero-order valence-corrected chi connectivity index (χ0v) is 10.0. The fraction of sp³-hybridized carbons (Fsp3) is 0.545. The van der Waals surface area contributed by atoms with Crippen molar-refractivity contribution in [2.45, 2.75) is 31.9 Å². The quantitative estimate of drug-likeness (QED) is 0.567. The molecule has 4 N–H and O–H groups in total. The Balaban J connectivity index is 2.13. The number of aromatic nitrogens is 1. The summed E-state index contributed by atoms with van der Waals surface area (Å²) in [5.74, 6) is 3.37. The zero-order chi connectivity index (χ0) is 13.1. The summed E-state index contributed by atoms with van der Waals surface area (Å²) in [7, 11) is 0. The lowest BCUT2D eigenvalue weighted by atomic mass is 10.0. The van der Waals surface area contributed by atoms with Gasteiger partial charge in [0.2, 0.25) is 0 Å². The van der Waals surface area contributed by atoms with E-state index in [1.54, 1.807) is 0 Å². The molecule has 2 atom stereocenters. The highest BCUT2D eigenvalue weighted by Crippen LogP contribution is 2.22. The Morgan fingerprint density at radius 1 is 1.39 bits per heavy atom. The number of ether oxygens (including phenoxy) is 1. The summed E-state index contributed by atoms with van der Waals surface area (Å²) in [6.07, 6.45) is 1.63. The Kier molecular flexibility index (Phi) is 3.93. The highest BCUT2D eigenvalue weighted by Gasteiger charge is 2.21. The van der Waals surface area contributed by atoms with Crippen LogP contribution >= 0.6 is 0 Å². The Morgan fingerprint density at radius 2 is 2.11 bits per heavy atom. The van der Waals surface area contributed by atoms with E-state index in [4.69, 9.17) is 10.6 Å². The molecule has 100 valence electrons. The molecular weight excluding hydrogens is 242 g/mol. The van der Waals surface area contributed by atoms with Crippen molar-refractivity contribution in [3.63, 3.8) is 0 Å². The molecule has 5 nitrogen and oxygen atoms in total. The summed E-state index contributed by atoms with van der Waals surface area (Å²) in [6.45, 7) is 2.57. The molecule has 0 saturated carbocycles. The van der Waals surface area contributed by atoms with Gasteiger partial charge in [0.1, 0.15) is 0 Å². The Bertz CT molecular complexity index is 430. The van der Waals surface area contributed by atoms with Crippen LogP contribution in [0, 0.1) is 11.6 Å². The van der Waals surface area contributed by atoms with Crippen molar-refractivity contribution >= 4 is 11.6 Å². The SMILES string of the molecule is CC1CC(Nc2nc(NN)c(F)cc2F)CCO1. The predicted octanol–water partition coefficient (Wildman–Crippen LogP) is 1.62. The minimum atomic E-state index is -0.819. The third-order valence-corrected chi connectivity index (χ3v) is 2.89. The monoisotopic (exact) mass is 258 g/mol. The molecule has 1 saturated heterocycles. The molecule has 0 amide bonds. The van der Waals surface area contributed by atoms with E-state index in [0.717, 1.165) is 18.9 Å². The van der Waals surface area contributed by atoms with Crippen LogP contribution in [-0.4, -0.2) is 23.7 Å². The third-order valence-electron chi connectivity index (χ3n) is 2.89. The van der Waals surface area contributed by atoms with E-state index in [2.05, 4.69) is 15.7 Å². The minimum Gasteiger partial charge on any atom is -0.378 e. The summed E-state index contributed by atoms with van der Waals surface area (Å²) in [5, 5.41) is 2.95. The van der Waals surface area contributed by atoms with Gasteiger partial charge in [-0.15, -0.1) is 0 Å². The lowest BCUT2D eigenvalue weighted by Gasteiger charge is -2.28. The van der Waals surface area contributed by atoms with Gasteiger partial charge in [-0.05, 0) is 19.8 Å². The molecule has 0 aromatic carbocycles. The second-order valence-electron chi connectivity index (χ2n) is 4.34. The van der Waals surface area contributed by atoms with Crippen LogP contribution in [-0.2, 0) is 4.74 Å². The minimum absolute atomic E-state index is 0.00319. The van der Waals surface area contributed by atoms with Crippen molar-refractivity contribution < 1.29 is 13.5 Å². The van der Waals surface area contributed by atoms with Gasteiger partial charge >= 0.3 is 0 Å². The Labute approximate surface area is 104 Å². The first-order chi connectivity index (χ1) is 8.60. The van der Waals surface area contributed by atoms with Crippen molar-refractivity contribution in [1.82, 2.24) is 4.98 Å². The molecular formula is C11H16F2N4O. The maximum Gasteiger partial charge on any atom is 0.178 e. The largest absolute Gasteiger partial charge is 0.378 e. The van der Waals surface area contributed by atoms with Crippen molar-refractivity contribution in [3.05, 3.63) is 17.7 Å². The third kappa shape index (κ3) is 2.85. The maximum absolute atomic E-state index is 13.6. The van der Waals surface area contributed by atoms with Gasteiger partial charge < -0.3 is 15.5 Å². The van der Waals surface area contributed by atoms with E-state index in [9.17, 15) is 8.78 Å². The first kappa shape index (κ1) is 13.0. The first-order valence-corrected chi connectivity index (χ1v) is 5.81. The van der Waals surface area contributed by atoms with Crippen molar-refractivity contribution in [1.29, 1.82) is 0 Å². The van der Waals surface area contributed by atoms with Gasteiger partial charge in [-0.1, -0.05) is 0 Å². The van der Waals surface area contributed by atoms with Crippen LogP contribution in [0.4, 0.5) is 20.4 Å². The highest BCUT2D eigenvalue weighted by atomic mass is 19.1. The van der Waals surface area contributed by atoms with Crippen LogP contribution in [0.3, 0.4) is 0 Å². The van der Waals surface area contributed by atoms with Gasteiger partial charge in [-0.3, -0.25) is 0 Å². The molecule has 1 aliphatic rings. The van der Waals surface area contributed by atoms with E-state index < -0.39 is 11.6 Å². The standard InChI is InChI=1S/C11H16F2N4O/c1-6-4-7(2-3-18-6)15-10-8(12)5-9(13)11(16-10)17-14/h5-7H,2-4,14H2,1H3,(H2,15,16,17). The topological polar surface area (TPSA) is 72.2 Å². The maximum atomic E-state index is 13.6. The number of rotatable bonds is 3. The van der Waals surface area contributed by atoms with Crippen molar-refractivity contribution in [3.8, 4) is 0 Å². The number of nitrogens with zero attached hydrogens (tertiary/aromatic N) is 1. The number of hydrogen-bond donors (Lipinski definition) is 3. The van der Waals surface area contributed by atoms with Gasteiger partial charge in [-0.2, -0.15) is 0 Å². The molecule has 0 spiro atoms. The number of nitrogens with two attached hydrogens (primary N) is 1. The number of nitrogens with one attached hydrogen (secondary N) is 2. The molecule has 7 heteroatoms. The van der Waals surface area contributed by atoms with Crippen LogP contribution in [0.15, 0.2) is 6.07 Å². The van der Waals surface area contributed by atoms with Crippen LogP contribution in [0.2, 0.25) is 0 Å². The zero-order valence-electron chi connectivity index (χ0n) is 10.0. The molecule has 0 radical (unpaired) electrons. The number of halogens is 2. The smallest absolute Gasteiger partial charge is 0.178 e. The Hall–Kier alpha value is -1.47. The molecule has 0 aliphatic carbocycles. The number of nitrogen functional groups attached to an aromatic ring is 1. The van der Waals surface area contributed by atoms with Gasteiger partial charge in [0.05, 0.1) is 6.10 Å². The number of pyridine rings is 1. The number of hydrogen-bond acceptors (Lipinski definition) is 5. The van der Waals surface area contributed by atoms with Gasteiger partial charge in [-0.25, -0.2) is 19.6 Å². The molecule has 0 bridgehead atoms. The fourth-order valence-electron chi connectivity index (χ4n) is 1.99. The molecule has 1 aliphatic heterocycles.